The molecule has 0 heterocycles. The van der Waals surface area contributed by atoms with E-state index in [9.17, 15) is 14.4 Å². The molecule has 7 nitrogen and oxygen atoms in total. The van der Waals surface area contributed by atoms with Crippen LogP contribution in [0.4, 0.5) is 0 Å². The van der Waals surface area contributed by atoms with E-state index in [-0.39, 0.29) is 0 Å². The van der Waals surface area contributed by atoms with Gasteiger partial charge in [0.15, 0.2) is 0 Å². The molecular weight excluding hydrogens is 393 g/mol. The molecule has 4 N–H and O–H groups in total. The van der Waals surface area contributed by atoms with Gasteiger partial charge >= 0.3 is 7.82 Å². The Balaban J connectivity index is 1.92. The summed E-state index contributed by atoms with van der Waals surface area (Å²) in [6.45, 7) is 4.10. The lowest BCUT2D eigenvalue weighted by atomic mass is 9.88. The number of ether oxygens (including phenoxy) is 2. The second kappa shape index (κ2) is 10.2. The average Bonchev–Trinajstić information content (AvgIpc) is 2.70. The number of methoxy groups -OCH3 is 1. The molecule has 0 bridgehead atoms. The van der Waals surface area contributed by atoms with E-state index < -0.39 is 19.5 Å². The molecule has 0 aliphatic carbocycles. The fourth-order valence-electron chi connectivity index (χ4n) is 2.88. The van der Waals surface area contributed by atoms with Crippen molar-refractivity contribution in [3.63, 3.8) is 0 Å². The molecule has 8 heteroatoms. The Kier molecular flexibility index (Phi) is 8.25. The summed E-state index contributed by atoms with van der Waals surface area (Å²) in [4.78, 5) is 18.5. The van der Waals surface area contributed by atoms with Gasteiger partial charge in [-0.1, -0.05) is 31.2 Å². The number of rotatable bonds is 11. The van der Waals surface area contributed by atoms with E-state index in [1.54, 1.807) is 38.3 Å². The van der Waals surface area contributed by atoms with Crippen LogP contribution in [0.5, 0.6) is 11.5 Å². The zero-order chi connectivity index (χ0) is 21.5. The van der Waals surface area contributed by atoms with Gasteiger partial charge < -0.3 is 25.0 Å². The Bertz CT molecular complexity index is 801. The summed E-state index contributed by atoms with van der Waals surface area (Å²) in [5.41, 5.74) is 7.07. The second-order valence-corrected chi connectivity index (χ2v) is 8.40. The fraction of sp³-hybridized carbons (Fsp3) is 0.429. The van der Waals surface area contributed by atoms with Gasteiger partial charge in [-0.15, -0.1) is 0 Å². The van der Waals surface area contributed by atoms with E-state index in [1.807, 2.05) is 31.2 Å². The maximum Gasteiger partial charge on any atom is 0.470 e. The zero-order valence-electron chi connectivity index (χ0n) is 17.1. The van der Waals surface area contributed by atoms with Crippen LogP contribution in [-0.2, 0) is 15.5 Å². The van der Waals surface area contributed by atoms with Gasteiger partial charge in [0.1, 0.15) is 17.6 Å². The summed E-state index contributed by atoms with van der Waals surface area (Å²) in [7, 11) is -3.04. The molecule has 29 heavy (non-hydrogen) atoms. The van der Waals surface area contributed by atoms with Crippen molar-refractivity contribution in [3.8, 4) is 11.5 Å². The fourth-order valence-corrected chi connectivity index (χ4v) is 3.52. The lowest BCUT2D eigenvalue weighted by Crippen LogP contribution is -2.42. The van der Waals surface area contributed by atoms with Crippen molar-refractivity contribution >= 4 is 7.82 Å². The summed E-state index contributed by atoms with van der Waals surface area (Å²) in [6, 6.07) is 14.9. The zero-order valence-corrected chi connectivity index (χ0v) is 18.0. The molecule has 0 aromatic heterocycles. The topological polar surface area (TPSA) is 111 Å². The highest BCUT2D eigenvalue weighted by Gasteiger charge is 2.36. The van der Waals surface area contributed by atoms with Crippen LogP contribution in [0.2, 0.25) is 0 Å². The smallest absolute Gasteiger partial charge is 0.470 e. The van der Waals surface area contributed by atoms with Crippen molar-refractivity contribution in [2.45, 2.75) is 44.8 Å². The molecule has 2 rings (SSSR count). The first-order valence-corrected chi connectivity index (χ1v) is 11.1. The van der Waals surface area contributed by atoms with Crippen LogP contribution in [0.15, 0.2) is 48.5 Å². The van der Waals surface area contributed by atoms with Gasteiger partial charge in [-0.3, -0.25) is 4.52 Å². The number of phosphoric ester groups is 1. The Morgan fingerprint density at radius 2 is 1.66 bits per heavy atom. The third-order valence-corrected chi connectivity index (χ3v) is 5.31. The molecule has 0 saturated carbocycles. The third kappa shape index (κ3) is 7.46. The number of phosphoric acid groups is 1. The van der Waals surface area contributed by atoms with Crippen LogP contribution >= 0.6 is 7.82 Å². The maximum absolute atomic E-state index is 11.4. The van der Waals surface area contributed by atoms with Gasteiger partial charge in [-0.25, -0.2) is 4.57 Å². The Morgan fingerprint density at radius 1 is 1.07 bits per heavy atom. The number of hydrogen-bond donors (Lipinski definition) is 3. The van der Waals surface area contributed by atoms with Crippen molar-refractivity contribution < 1.29 is 28.3 Å². The minimum Gasteiger partial charge on any atom is -0.497 e. The molecule has 0 spiro atoms. The molecular formula is C21H30NO6P. The number of nitrogens with two attached hydrogens (primary N) is 1. The Morgan fingerprint density at radius 3 is 2.17 bits per heavy atom. The van der Waals surface area contributed by atoms with E-state index >= 15 is 0 Å². The molecule has 1 unspecified atom stereocenters. The molecule has 0 aliphatic heterocycles. The number of benzene rings is 2. The van der Waals surface area contributed by atoms with Gasteiger partial charge in [0, 0.05) is 5.54 Å². The summed E-state index contributed by atoms with van der Waals surface area (Å²) < 4.78 is 27.3. The van der Waals surface area contributed by atoms with Crippen molar-refractivity contribution in [2.75, 3.05) is 13.7 Å². The molecule has 2 aromatic rings. The Hall–Kier alpha value is -1.89. The van der Waals surface area contributed by atoms with Crippen LogP contribution in [0.1, 0.15) is 43.9 Å². The molecule has 2 aromatic carbocycles. The summed E-state index contributed by atoms with van der Waals surface area (Å²) >= 11 is 0. The average molecular weight is 423 g/mol. The first-order valence-electron chi connectivity index (χ1n) is 9.53. The maximum atomic E-state index is 11.4. The van der Waals surface area contributed by atoms with E-state index in [0.717, 1.165) is 18.6 Å². The minimum absolute atomic E-state index is 0.487. The Labute approximate surface area is 172 Å². The number of aryl methyl sites for hydroxylation is 1. The van der Waals surface area contributed by atoms with Gasteiger partial charge in [-0.2, -0.15) is 0 Å². The van der Waals surface area contributed by atoms with Crippen LogP contribution in [0.3, 0.4) is 0 Å². The van der Waals surface area contributed by atoms with Gasteiger partial charge in [0.05, 0.1) is 13.7 Å². The summed E-state index contributed by atoms with van der Waals surface area (Å²) in [5.74, 6) is 1.51. The second-order valence-electron chi connectivity index (χ2n) is 7.20. The highest BCUT2D eigenvalue weighted by atomic mass is 31.2. The van der Waals surface area contributed by atoms with Crippen LogP contribution < -0.4 is 15.2 Å². The van der Waals surface area contributed by atoms with E-state index in [1.165, 1.54) is 5.56 Å². The molecule has 0 aliphatic rings. The highest BCUT2D eigenvalue weighted by molar-refractivity contribution is 7.46. The SMILES string of the molecule is CCC(C)(N)[C@H](OP(=O)(O)O)c1ccc(OCCCc2ccc(OC)cc2)cc1. The van der Waals surface area contributed by atoms with Gasteiger partial charge in [0.25, 0.3) is 0 Å². The first-order chi connectivity index (χ1) is 13.6. The van der Waals surface area contributed by atoms with Crippen molar-refractivity contribution in [1.29, 1.82) is 0 Å². The third-order valence-electron chi connectivity index (χ3n) is 4.82. The van der Waals surface area contributed by atoms with Gasteiger partial charge in [0.2, 0.25) is 0 Å². The van der Waals surface area contributed by atoms with E-state index in [4.69, 9.17) is 19.7 Å². The van der Waals surface area contributed by atoms with Crippen molar-refractivity contribution in [2.24, 2.45) is 5.73 Å². The summed E-state index contributed by atoms with van der Waals surface area (Å²) in [5, 5.41) is 0. The largest absolute Gasteiger partial charge is 0.497 e. The number of hydrogen-bond acceptors (Lipinski definition) is 5. The first kappa shape index (κ1) is 23.4. The standard InChI is InChI=1S/C21H30NO6P/c1-4-21(2,22)20(28-29(23,24)25)17-9-13-19(14-10-17)27-15-5-6-16-7-11-18(26-3)12-8-16/h7-14,20H,4-6,15,22H2,1-3H3,(H2,23,24,25)/t20-,21?/m1/s1. The van der Waals surface area contributed by atoms with Crippen LogP contribution in [0, 0.1) is 0 Å². The predicted molar refractivity (Wildman–Crippen MR) is 112 cm³/mol. The lowest BCUT2D eigenvalue weighted by molar-refractivity contribution is 0.0752. The molecule has 0 saturated heterocycles. The van der Waals surface area contributed by atoms with E-state index in [0.29, 0.717) is 24.3 Å². The lowest BCUT2D eigenvalue weighted by Gasteiger charge is -2.33. The van der Waals surface area contributed by atoms with Gasteiger partial charge in [-0.05, 0) is 61.6 Å². The normalized spacial score (nSPS) is 14.8. The predicted octanol–water partition coefficient (Wildman–Crippen LogP) is 3.98. The van der Waals surface area contributed by atoms with Crippen molar-refractivity contribution in [1.82, 2.24) is 0 Å². The molecule has 160 valence electrons. The molecule has 2 atom stereocenters. The molecule has 0 radical (unpaired) electrons. The van der Waals surface area contributed by atoms with E-state index in [2.05, 4.69) is 0 Å². The van der Waals surface area contributed by atoms with Crippen LogP contribution in [-0.4, -0.2) is 29.0 Å². The summed E-state index contributed by atoms with van der Waals surface area (Å²) in [6.07, 6.45) is 1.30. The van der Waals surface area contributed by atoms with Crippen molar-refractivity contribution in [3.05, 3.63) is 59.7 Å². The quantitative estimate of drug-likeness (QED) is 0.370. The monoisotopic (exact) mass is 423 g/mol. The molecule has 0 amide bonds. The van der Waals surface area contributed by atoms with Crippen LogP contribution in [0.25, 0.3) is 0 Å². The highest BCUT2D eigenvalue weighted by Crippen LogP contribution is 2.46. The minimum atomic E-state index is -4.68. The molecule has 0 fully saturated rings.